The van der Waals surface area contributed by atoms with Crippen LogP contribution in [0.3, 0.4) is 0 Å². The third-order valence-electron chi connectivity index (χ3n) is 7.64. The van der Waals surface area contributed by atoms with E-state index in [1.54, 1.807) is 6.07 Å². The molecule has 11 nitrogen and oxygen atoms in total. The van der Waals surface area contributed by atoms with Gasteiger partial charge in [0.05, 0.1) is 10.2 Å². The van der Waals surface area contributed by atoms with Gasteiger partial charge < -0.3 is 15.7 Å². The van der Waals surface area contributed by atoms with Gasteiger partial charge in [-0.3, -0.25) is 34.2 Å². The van der Waals surface area contributed by atoms with Gasteiger partial charge in [-0.25, -0.2) is 0 Å². The Hall–Kier alpha value is -2.99. The van der Waals surface area contributed by atoms with Gasteiger partial charge in [-0.2, -0.15) is 11.8 Å². The van der Waals surface area contributed by atoms with E-state index in [-0.39, 0.29) is 46.7 Å². The molecular weight excluding hydrogens is 572 g/mol. The van der Waals surface area contributed by atoms with Crippen molar-refractivity contribution in [3.05, 3.63) is 39.4 Å². The maximum atomic E-state index is 12.1. The number of likely N-dealkylation sites (tertiary alicyclic amines) is 1. The Morgan fingerprint density at radius 3 is 2.12 bits per heavy atom. The molecule has 2 rings (SSSR count). The molecule has 2 N–H and O–H groups in total. The number of thioether (sulfide) groups is 1. The van der Waals surface area contributed by atoms with Crippen LogP contribution in [-0.4, -0.2) is 58.0 Å². The van der Waals surface area contributed by atoms with Gasteiger partial charge in [0.2, 0.25) is 23.6 Å². The van der Waals surface area contributed by atoms with Crippen LogP contribution < -0.4 is 15.7 Å². The molecule has 0 radical (unpaired) electrons. The normalized spacial score (nSPS) is 15.5. The molecule has 2 unspecified atom stereocenters. The summed E-state index contributed by atoms with van der Waals surface area (Å²) >= 11 is 1.45. The van der Waals surface area contributed by atoms with E-state index >= 15 is 0 Å². The lowest BCUT2D eigenvalue weighted by molar-refractivity contribution is -0.427. The second-order valence-electron chi connectivity index (χ2n) is 11.1. The van der Waals surface area contributed by atoms with Crippen LogP contribution >= 0.6 is 11.8 Å². The molecule has 1 aromatic carbocycles. The number of amides is 4. The van der Waals surface area contributed by atoms with Crippen LogP contribution in [0.15, 0.2) is 18.2 Å². The van der Waals surface area contributed by atoms with Gasteiger partial charge in [0.1, 0.15) is 0 Å². The van der Waals surface area contributed by atoms with Gasteiger partial charge in [0, 0.05) is 50.5 Å². The number of nitrogens with one attached hydrogen (secondary N) is 2. The highest BCUT2D eigenvalue weighted by molar-refractivity contribution is 8.00. The molecule has 1 saturated heterocycles. The molecule has 1 aliphatic rings. The standard InChI is InChI=1S/C31H47N4O7S/c1-23(36)25-20-24(16-17-26(25)35(41)42)22-33-29(38)15-11-9-12-18-32-28(37)14-10-7-5-3-4-6-8-13-19-34-30(39)21-27(43-2)31(34)40/h16-17,20,23,27H,3-15,18-19,21-22H2,1-2H3,(H,32,37)(H,33,38)/q-1. The first-order chi connectivity index (χ1) is 20.6. The van der Waals surface area contributed by atoms with Gasteiger partial charge >= 0.3 is 0 Å². The van der Waals surface area contributed by atoms with Crippen LogP contribution in [0, 0.1) is 10.1 Å². The highest BCUT2D eigenvalue weighted by Crippen LogP contribution is 2.25. The van der Waals surface area contributed by atoms with E-state index in [4.69, 9.17) is 0 Å². The smallest absolute Gasteiger partial charge is 0.271 e. The SMILES string of the molecule is CSC1CC(=O)N(CCCCCCCCCCC(=O)NCCCCCC(=O)NCc2ccc([N+](=O)[O-])c(C(C)[O-])c2)C1=O. The number of hydrogen-bond acceptors (Lipinski definition) is 8. The number of hydrogen-bond donors (Lipinski definition) is 2. The second-order valence-corrected chi connectivity index (χ2v) is 12.2. The number of benzene rings is 1. The van der Waals surface area contributed by atoms with Crippen LogP contribution in [-0.2, 0) is 25.7 Å². The molecule has 240 valence electrons. The van der Waals surface area contributed by atoms with Crippen molar-refractivity contribution in [2.75, 3.05) is 19.3 Å². The lowest BCUT2D eigenvalue weighted by atomic mass is 10.0. The van der Waals surface area contributed by atoms with Crippen LogP contribution in [0.4, 0.5) is 5.69 Å². The molecule has 43 heavy (non-hydrogen) atoms. The van der Waals surface area contributed by atoms with E-state index in [0.717, 1.165) is 64.2 Å². The number of imide groups is 1. The maximum Gasteiger partial charge on any atom is 0.271 e. The minimum Gasteiger partial charge on any atom is -0.849 e. The molecule has 0 saturated carbocycles. The Labute approximate surface area is 259 Å². The average Bonchev–Trinajstić information content (AvgIpc) is 3.26. The number of nitrogens with zero attached hydrogens (tertiary/aromatic N) is 2. The summed E-state index contributed by atoms with van der Waals surface area (Å²) in [5, 5.41) is 28.4. The van der Waals surface area contributed by atoms with Crippen LogP contribution in [0.5, 0.6) is 0 Å². The zero-order valence-corrected chi connectivity index (χ0v) is 26.4. The van der Waals surface area contributed by atoms with Crippen LogP contribution in [0.2, 0.25) is 0 Å². The summed E-state index contributed by atoms with van der Waals surface area (Å²) in [6, 6.07) is 4.33. The molecule has 1 aliphatic heterocycles. The van der Waals surface area contributed by atoms with Gasteiger partial charge in [0.15, 0.2) is 0 Å². The van der Waals surface area contributed by atoms with E-state index in [9.17, 15) is 34.4 Å². The second kappa shape index (κ2) is 20.1. The molecule has 1 heterocycles. The monoisotopic (exact) mass is 619 g/mol. The summed E-state index contributed by atoms with van der Waals surface area (Å²) in [7, 11) is 0. The van der Waals surface area contributed by atoms with E-state index < -0.39 is 11.0 Å². The quantitative estimate of drug-likeness (QED) is 0.0840. The number of rotatable bonds is 22. The third-order valence-corrected chi connectivity index (χ3v) is 8.58. The Kier molecular flexibility index (Phi) is 16.9. The molecule has 4 amide bonds. The summed E-state index contributed by atoms with van der Waals surface area (Å²) in [6.45, 7) is 2.69. The third kappa shape index (κ3) is 13.5. The highest BCUT2D eigenvalue weighted by atomic mass is 32.2. The lowest BCUT2D eigenvalue weighted by Gasteiger charge is -2.17. The van der Waals surface area contributed by atoms with E-state index in [1.807, 2.05) is 6.26 Å². The summed E-state index contributed by atoms with van der Waals surface area (Å²) in [4.78, 5) is 60.1. The summed E-state index contributed by atoms with van der Waals surface area (Å²) in [5.74, 6) is -0.143. The predicted octanol–water partition coefficient (Wildman–Crippen LogP) is 4.31. The molecular formula is C31H47N4O7S-. The number of carbonyl (C=O) groups excluding carboxylic acids is 4. The highest BCUT2D eigenvalue weighted by Gasteiger charge is 2.37. The molecule has 0 aliphatic carbocycles. The topological polar surface area (TPSA) is 162 Å². The number of nitro groups is 1. The maximum absolute atomic E-state index is 12.1. The Balaban J connectivity index is 1.40. The van der Waals surface area contributed by atoms with Gasteiger partial charge in [-0.15, -0.1) is 0 Å². The fourth-order valence-electron chi connectivity index (χ4n) is 5.09. The molecule has 0 bridgehead atoms. The molecule has 1 fully saturated rings. The molecule has 0 spiro atoms. The minimum absolute atomic E-state index is 0.0335. The van der Waals surface area contributed by atoms with Crippen molar-refractivity contribution in [2.45, 2.75) is 115 Å². The minimum atomic E-state index is -1.23. The van der Waals surface area contributed by atoms with Crippen molar-refractivity contribution in [2.24, 2.45) is 0 Å². The predicted molar refractivity (Wildman–Crippen MR) is 165 cm³/mol. The summed E-state index contributed by atoms with van der Waals surface area (Å²) in [5.41, 5.74) is 0.549. The van der Waals surface area contributed by atoms with Crippen molar-refractivity contribution in [1.82, 2.24) is 15.5 Å². The number of unbranched alkanes of at least 4 members (excludes halogenated alkanes) is 9. The Bertz CT molecular complexity index is 1080. The first kappa shape index (κ1) is 36.2. The van der Waals surface area contributed by atoms with Crippen molar-refractivity contribution in [3.8, 4) is 0 Å². The van der Waals surface area contributed by atoms with E-state index in [2.05, 4.69) is 10.6 Å². The van der Waals surface area contributed by atoms with E-state index in [1.165, 1.54) is 35.7 Å². The van der Waals surface area contributed by atoms with Crippen LogP contribution in [0.25, 0.3) is 0 Å². The first-order valence-electron chi connectivity index (χ1n) is 15.5. The zero-order valence-electron chi connectivity index (χ0n) is 25.6. The number of carbonyl (C=O) groups is 4. The molecule has 12 heteroatoms. The fourth-order valence-corrected chi connectivity index (χ4v) is 5.72. The van der Waals surface area contributed by atoms with Crippen molar-refractivity contribution in [3.63, 3.8) is 0 Å². The fraction of sp³-hybridized carbons (Fsp3) is 0.677. The summed E-state index contributed by atoms with van der Waals surface area (Å²) in [6.07, 6.45) is 12.3. The van der Waals surface area contributed by atoms with Gasteiger partial charge in [-0.05, 0) is 43.6 Å². The lowest BCUT2D eigenvalue weighted by Crippen LogP contribution is -2.32. The Morgan fingerprint density at radius 1 is 0.953 bits per heavy atom. The van der Waals surface area contributed by atoms with Crippen molar-refractivity contribution < 1.29 is 29.2 Å². The van der Waals surface area contributed by atoms with E-state index in [0.29, 0.717) is 44.3 Å². The van der Waals surface area contributed by atoms with Crippen molar-refractivity contribution >= 4 is 41.1 Å². The Morgan fingerprint density at radius 2 is 1.53 bits per heavy atom. The molecule has 0 aromatic heterocycles. The molecule has 1 aromatic rings. The molecule has 2 atom stereocenters. The van der Waals surface area contributed by atoms with Crippen molar-refractivity contribution in [1.29, 1.82) is 0 Å². The summed E-state index contributed by atoms with van der Waals surface area (Å²) < 4.78 is 0. The van der Waals surface area contributed by atoms with Crippen LogP contribution in [0.1, 0.15) is 114 Å². The average molecular weight is 620 g/mol. The number of nitro benzene ring substituents is 1. The first-order valence-corrected chi connectivity index (χ1v) is 16.8. The van der Waals surface area contributed by atoms with Gasteiger partial charge in [0.25, 0.3) is 5.69 Å². The largest absolute Gasteiger partial charge is 0.849 e. The zero-order chi connectivity index (χ0) is 31.6. The van der Waals surface area contributed by atoms with Gasteiger partial charge in [-0.1, -0.05) is 64.0 Å².